The molecule has 1 aliphatic rings. The molecule has 7 heteroatoms. The molecule has 31 heavy (non-hydrogen) atoms. The number of furan rings is 2. The van der Waals surface area contributed by atoms with Gasteiger partial charge in [0.25, 0.3) is 5.91 Å². The Labute approximate surface area is 180 Å². The molecule has 1 atom stereocenters. The Kier molecular flexibility index (Phi) is 5.45. The van der Waals surface area contributed by atoms with Gasteiger partial charge >= 0.3 is 0 Å². The molecule has 3 heterocycles. The quantitative estimate of drug-likeness (QED) is 0.575. The molecule has 7 nitrogen and oxygen atoms in total. The van der Waals surface area contributed by atoms with E-state index in [0.717, 1.165) is 17.5 Å². The lowest BCUT2D eigenvalue weighted by Gasteiger charge is -2.25. The van der Waals surface area contributed by atoms with E-state index in [-0.39, 0.29) is 11.3 Å². The van der Waals surface area contributed by atoms with Crippen molar-refractivity contribution in [1.29, 1.82) is 0 Å². The van der Waals surface area contributed by atoms with Crippen molar-refractivity contribution in [2.45, 2.75) is 26.3 Å². The van der Waals surface area contributed by atoms with Crippen molar-refractivity contribution in [3.05, 3.63) is 70.6 Å². The van der Waals surface area contributed by atoms with Crippen LogP contribution in [0.25, 0.3) is 11.0 Å². The van der Waals surface area contributed by atoms with E-state index in [1.165, 1.54) is 4.90 Å². The summed E-state index contributed by atoms with van der Waals surface area (Å²) < 4.78 is 11.5. The zero-order chi connectivity index (χ0) is 22.3. The lowest BCUT2D eigenvalue weighted by Crippen LogP contribution is -2.33. The van der Waals surface area contributed by atoms with Gasteiger partial charge in [0.2, 0.25) is 5.78 Å². The number of hydrogen-bond acceptors (Lipinski definition) is 6. The van der Waals surface area contributed by atoms with Crippen molar-refractivity contribution >= 4 is 22.7 Å². The maximum atomic E-state index is 13.4. The number of aryl methyl sites for hydroxylation is 2. The molecule has 1 N–H and O–H groups in total. The van der Waals surface area contributed by atoms with E-state index in [4.69, 9.17) is 8.83 Å². The molecule has 0 spiro atoms. The molecular weight excluding hydrogens is 396 g/mol. The molecule has 0 bridgehead atoms. The third kappa shape index (κ3) is 3.88. The number of aliphatic hydroxyl groups is 1. The van der Waals surface area contributed by atoms with Gasteiger partial charge in [0, 0.05) is 11.9 Å². The third-order valence-corrected chi connectivity index (χ3v) is 5.48. The monoisotopic (exact) mass is 422 g/mol. The zero-order valence-electron chi connectivity index (χ0n) is 18.1. The molecule has 0 fully saturated rings. The Balaban J connectivity index is 1.73. The Morgan fingerprint density at radius 3 is 2.58 bits per heavy atom. The van der Waals surface area contributed by atoms with Crippen LogP contribution in [0.3, 0.4) is 0 Å². The van der Waals surface area contributed by atoms with E-state index in [2.05, 4.69) is 0 Å². The molecule has 1 amide bonds. The number of rotatable bonds is 7. The van der Waals surface area contributed by atoms with Crippen LogP contribution in [-0.2, 0) is 4.79 Å². The molecule has 1 unspecified atom stereocenters. The van der Waals surface area contributed by atoms with Gasteiger partial charge in [-0.3, -0.25) is 9.59 Å². The molecule has 3 aromatic rings. The van der Waals surface area contributed by atoms with Crippen molar-refractivity contribution in [2.75, 3.05) is 27.2 Å². The fourth-order valence-electron chi connectivity index (χ4n) is 3.98. The number of ketones is 1. The van der Waals surface area contributed by atoms with E-state index in [0.29, 0.717) is 30.1 Å². The summed E-state index contributed by atoms with van der Waals surface area (Å²) in [5, 5.41) is 11.5. The topological polar surface area (TPSA) is 87.1 Å². The normalized spacial score (nSPS) is 16.9. The van der Waals surface area contributed by atoms with Crippen LogP contribution in [0.5, 0.6) is 0 Å². The highest BCUT2D eigenvalue weighted by Crippen LogP contribution is 2.40. The number of nitrogens with zero attached hydrogens (tertiary/aromatic N) is 2. The van der Waals surface area contributed by atoms with Crippen LogP contribution >= 0.6 is 0 Å². The van der Waals surface area contributed by atoms with Gasteiger partial charge in [-0.25, -0.2) is 0 Å². The van der Waals surface area contributed by atoms with Crippen molar-refractivity contribution < 1.29 is 23.5 Å². The van der Waals surface area contributed by atoms with Gasteiger partial charge < -0.3 is 23.7 Å². The summed E-state index contributed by atoms with van der Waals surface area (Å²) in [5.74, 6) is -0.464. The minimum absolute atomic E-state index is 0.0139. The molecule has 1 aliphatic heterocycles. The molecule has 0 saturated heterocycles. The average Bonchev–Trinajstić information content (AvgIpc) is 3.39. The van der Waals surface area contributed by atoms with E-state index in [1.807, 2.05) is 38.1 Å². The largest absolute Gasteiger partial charge is 0.503 e. The molecule has 162 valence electrons. The van der Waals surface area contributed by atoms with Gasteiger partial charge in [-0.15, -0.1) is 0 Å². The van der Waals surface area contributed by atoms with Crippen molar-refractivity contribution in [2.24, 2.45) is 0 Å². The number of amides is 1. The number of carbonyl (C=O) groups excluding carboxylic acids is 2. The minimum Gasteiger partial charge on any atom is -0.503 e. The molecule has 4 rings (SSSR count). The first kappa shape index (κ1) is 20.9. The molecule has 0 radical (unpaired) electrons. The highest BCUT2D eigenvalue weighted by atomic mass is 16.4. The van der Waals surface area contributed by atoms with E-state index >= 15 is 0 Å². The fraction of sp³-hybridized carbons (Fsp3) is 0.333. The van der Waals surface area contributed by atoms with Crippen LogP contribution in [0.1, 0.15) is 40.1 Å². The number of aliphatic hydroxyl groups excluding tert-OH is 1. The highest BCUT2D eigenvalue weighted by molar-refractivity contribution is 6.15. The number of benzene rings is 1. The van der Waals surface area contributed by atoms with Crippen LogP contribution in [0.4, 0.5) is 0 Å². The third-order valence-electron chi connectivity index (χ3n) is 5.48. The van der Waals surface area contributed by atoms with Gasteiger partial charge in [0.15, 0.2) is 11.5 Å². The summed E-state index contributed by atoms with van der Waals surface area (Å²) in [7, 11) is 3.90. The Bertz CT molecular complexity index is 1180. The summed E-state index contributed by atoms with van der Waals surface area (Å²) in [5.41, 5.74) is 1.60. The Hall–Kier alpha value is -3.32. The van der Waals surface area contributed by atoms with Crippen LogP contribution in [0.2, 0.25) is 0 Å². The van der Waals surface area contributed by atoms with E-state index in [9.17, 15) is 14.7 Å². The van der Waals surface area contributed by atoms with Crippen molar-refractivity contribution in [3.8, 4) is 0 Å². The van der Waals surface area contributed by atoms with Crippen LogP contribution in [-0.4, -0.2) is 53.8 Å². The second-order valence-electron chi connectivity index (χ2n) is 8.25. The maximum Gasteiger partial charge on any atom is 0.290 e. The molecular formula is C24H26N2O5. The summed E-state index contributed by atoms with van der Waals surface area (Å²) >= 11 is 0. The number of hydrogen-bond donors (Lipinski definition) is 1. The second kappa shape index (κ2) is 8.07. The van der Waals surface area contributed by atoms with Crippen LogP contribution < -0.4 is 0 Å². The first-order valence-electron chi connectivity index (χ1n) is 10.3. The Morgan fingerprint density at radius 1 is 1.13 bits per heavy atom. The zero-order valence-corrected chi connectivity index (χ0v) is 18.1. The van der Waals surface area contributed by atoms with Gasteiger partial charge in [-0.2, -0.15) is 0 Å². The summed E-state index contributed by atoms with van der Waals surface area (Å²) in [6.45, 7) is 4.89. The van der Waals surface area contributed by atoms with E-state index in [1.54, 1.807) is 31.2 Å². The smallest absolute Gasteiger partial charge is 0.290 e. The molecule has 0 saturated carbocycles. The number of fused-ring (bicyclic) bond motifs is 1. The molecule has 2 aromatic heterocycles. The van der Waals surface area contributed by atoms with Gasteiger partial charge in [0.1, 0.15) is 23.1 Å². The lowest BCUT2D eigenvalue weighted by molar-refractivity contribution is -0.129. The van der Waals surface area contributed by atoms with Crippen molar-refractivity contribution in [3.63, 3.8) is 0 Å². The minimum atomic E-state index is -0.800. The lowest BCUT2D eigenvalue weighted by atomic mass is 9.99. The fourth-order valence-corrected chi connectivity index (χ4v) is 3.98. The first-order chi connectivity index (χ1) is 14.8. The molecule has 1 aromatic carbocycles. The standard InChI is InChI=1S/C24H26N2O5/c1-14-6-8-17-16(12-14)13-19(31-17)22(27)20-21(18-9-7-15(2)30-18)26(24(29)23(20)28)11-5-10-25(3)4/h6-9,12-13,21,28H,5,10-11H2,1-4H3. The first-order valence-corrected chi connectivity index (χ1v) is 10.3. The second-order valence-corrected chi connectivity index (χ2v) is 8.25. The Morgan fingerprint density at radius 2 is 1.90 bits per heavy atom. The van der Waals surface area contributed by atoms with Gasteiger partial charge in [-0.05, 0) is 71.2 Å². The predicted molar refractivity (Wildman–Crippen MR) is 116 cm³/mol. The SMILES string of the molecule is Cc1ccc2oc(C(=O)C3=C(O)C(=O)N(CCCN(C)C)C3c3ccc(C)o3)cc2c1. The maximum absolute atomic E-state index is 13.4. The van der Waals surface area contributed by atoms with Crippen LogP contribution in [0, 0.1) is 13.8 Å². The number of carbonyl (C=O) groups is 2. The predicted octanol–water partition coefficient (Wildman–Crippen LogP) is 4.17. The highest BCUT2D eigenvalue weighted by Gasteiger charge is 2.45. The average molecular weight is 422 g/mol. The van der Waals surface area contributed by atoms with Gasteiger partial charge in [0.05, 0.1) is 5.57 Å². The van der Waals surface area contributed by atoms with E-state index < -0.39 is 23.5 Å². The summed E-state index contributed by atoms with van der Waals surface area (Å²) in [4.78, 5) is 29.9. The van der Waals surface area contributed by atoms with Crippen LogP contribution in [0.15, 0.2) is 56.6 Å². The summed E-state index contributed by atoms with van der Waals surface area (Å²) in [6, 6.07) is 9.98. The number of Topliss-reactive ketones (excluding diaryl/α,β-unsaturated/α-hetero) is 1. The summed E-state index contributed by atoms with van der Waals surface area (Å²) in [6.07, 6.45) is 0.688. The van der Waals surface area contributed by atoms with Crippen molar-refractivity contribution in [1.82, 2.24) is 9.80 Å². The molecule has 0 aliphatic carbocycles. The van der Waals surface area contributed by atoms with Gasteiger partial charge in [-0.1, -0.05) is 11.6 Å².